The lowest BCUT2D eigenvalue weighted by atomic mass is 10.2. The van der Waals surface area contributed by atoms with Crippen molar-refractivity contribution in [2.45, 2.75) is 39.1 Å². The van der Waals surface area contributed by atoms with E-state index in [-0.39, 0.29) is 4.90 Å². The third-order valence-corrected chi connectivity index (χ3v) is 6.97. The first-order valence-electron chi connectivity index (χ1n) is 8.34. The van der Waals surface area contributed by atoms with E-state index in [0.29, 0.717) is 30.9 Å². The number of aromatic nitrogens is 1. The van der Waals surface area contributed by atoms with Crippen molar-refractivity contribution in [1.29, 1.82) is 0 Å². The van der Waals surface area contributed by atoms with Crippen molar-refractivity contribution in [3.8, 4) is 0 Å². The molecule has 0 aliphatic carbocycles. The molecule has 0 spiro atoms. The summed E-state index contributed by atoms with van der Waals surface area (Å²) in [4.78, 5) is 17.4. The van der Waals surface area contributed by atoms with Gasteiger partial charge >= 0.3 is 6.03 Å². The van der Waals surface area contributed by atoms with Gasteiger partial charge in [0.25, 0.3) is 0 Å². The van der Waals surface area contributed by atoms with Gasteiger partial charge in [0.15, 0.2) is 0 Å². The van der Waals surface area contributed by atoms with Crippen molar-refractivity contribution in [3.63, 3.8) is 0 Å². The molecule has 2 rings (SSSR count). The van der Waals surface area contributed by atoms with Crippen LogP contribution < -0.4 is 10.6 Å². The molecule has 0 aliphatic rings. The Bertz CT molecular complexity index is 874. The third kappa shape index (κ3) is 4.80. The molecule has 2 aromatic rings. The Morgan fingerprint density at radius 3 is 2.50 bits per heavy atom. The minimum absolute atomic E-state index is 0.206. The Morgan fingerprint density at radius 2 is 1.92 bits per heavy atom. The van der Waals surface area contributed by atoms with Gasteiger partial charge in [-0.1, -0.05) is 19.9 Å². The molecule has 0 bridgehead atoms. The van der Waals surface area contributed by atoms with Crippen LogP contribution in [0.3, 0.4) is 0 Å². The van der Waals surface area contributed by atoms with E-state index in [2.05, 4.69) is 15.6 Å². The summed E-state index contributed by atoms with van der Waals surface area (Å²) in [6, 6.07) is 4.48. The van der Waals surface area contributed by atoms with Gasteiger partial charge in [-0.2, -0.15) is 4.31 Å². The van der Waals surface area contributed by atoms with Crippen molar-refractivity contribution in [3.05, 3.63) is 39.8 Å². The number of hydrogen-bond acceptors (Lipinski definition) is 5. The zero-order chi connectivity index (χ0) is 19.3. The molecule has 0 fully saturated rings. The number of nitrogens with one attached hydrogen (secondary N) is 2. The fraction of sp³-hybridized carbons (Fsp3) is 0.412. The number of benzene rings is 1. The first-order chi connectivity index (χ1) is 12.3. The molecule has 1 aromatic carbocycles. The van der Waals surface area contributed by atoms with Gasteiger partial charge in [-0.15, -0.1) is 11.3 Å². The quantitative estimate of drug-likeness (QED) is 0.752. The zero-order valence-corrected chi connectivity index (χ0v) is 17.0. The SMILES string of the molecule is CCN(CC)S(=O)(=O)c1cc(NC(=O)NCc2cnc(C)s2)ccc1C. The van der Waals surface area contributed by atoms with Crippen LogP contribution in [-0.4, -0.2) is 36.8 Å². The summed E-state index contributed by atoms with van der Waals surface area (Å²) in [5.41, 5.74) is 1.07. The summed E-state index contributed by atoms with van der Waals surface area (Å²) in [7, 11) is -3.59. The molecule has 7 nitrogen and oxygen atoms in total. The lowest BCUT2D eigenvalue weighted by Gasteiger charge is -2.20. The minimum atomic E-state index is -3.59. The predicted molar refractivity (Wildman–Crippen MR) is 104 cm³/mol. The Hall–Kier alpha value is -1.97. The van der Waals surface area contributed by atoms with Crippen molar-refractivity contribution in [2.24, 2.45) is 0 Å². The maximum absolute atomic E-state index is 12.8. The van der Waals surface area contributed by atoms with Gasteiger partial charge in [-0.3, -0.25) is 0 Å². The topological polar surface area (TPSA) is 91.4 Å². The van der Waals surface area contributed by atoms with E-state index in [4.69, 9.17) is 0 Å². The molecule has 9 heteroatoms. The number of aryl methyl sites for hydroxylation is 2. The van der Waals surface area contributed by atoms with Gasteiger partial charge in [-0.25, -0.2) is 18.2 Å². The van der Waals surface area contributed by atoms with Crippen molar-refractivity contribution >= 4 is 33.1 Å². The number of sulfonamides is 1. The summed E-state index contributed by atoms with van der Waals surface area (Å²) in [5, 5.41) is 6.36. The second-order valence-electron chi connectivity index (χ2n) is 5.72. The molecule has 142 valence electrons. The maximum atomic E-state index is 12.8. The lowest BCUT2D eigenvalue weighted by molar-refractivity contribution is 0.252. The molecule has 2 N–H and O–H groups in total. The number of carbonyl (C=O) groups excluding carboxylic acids is 1. The molecular weight excluding hydrogens is 372 g/mol. The highest BCUT2D eigenvalue weighted by Crippen LogP contribution is 2.23. The Labute approximate surface area is 158 Å². The molecule has 0 radical (unpaired) electrons. The molecular formula is C17H24N4O3S2. The monoisotopic (exact) mass is 396 g/mol. The van der Waals surface area contributed by atoms with Crippen LogP contribution >= 0.6 is 11.3 Å². The highest BCUT2D eigenvalue weighted by Gasteiger charge is 2.24. The highest BCUT2D eigenvalue weighted by molar-refractivity contribution is 7.89. The van der Waals surface area contributed by atoms with Gasteiger partial charge in [-0.05, 0) is 31.5 Å². The molecule has 26 heavy (non-hydrogen) atoms. The number of rotatable bonds is 7. The normalized spacial score (nSPS) is 11.6. The molecule has 1 heterocycles. The van der Waals surface area contributed by atoms with Gasteiger partial charge < -0.3 is 10.6 Å². The van der Waals surface area contributed by atoms with Crippen LogP contribution in [0.5, 0.6) is 0 Å². The fourth-order valence-electron chi connectivity index (χ4n) is 2.49. The van der Waals surface area contributed by atoms with Crippen LogP contribution in [0.2, 0.25) is 0 Å². The second-order valence-corrected chi connectivity index (χ2v) is 8.95. The highest BCUT2D eigenvalue weighted by atomic mass is 32.2. The van der Waals surface area contributed by atoms with Crippen LogP contribution in [0.4, 0.5) is 10.5 Å². The van der Waals surface area contributed by atoms with Crippen LogP contribution in [-0.2, 0) is 16.6 Å². The Balaban J connectivity index is 2.12. The smallest absolute Gasteiger partial charge is 0.319 e. The zero-order valence-electron chi connectivity index (χ0n) is 15.4. The number of carbonyl (C=O) groups is 1. The summed E-state index contributed by atoms with van der Waals surface area (Å²) >= 11 is 1.51. The number of amides is 2. The van der Waals surface area contributed by atoms with Crippen LogP contribution in [0.15, 0.2) is 29.3 Å². The Morgan fingerprint density at radius 1 is 1.23 bits per heavy atom. The van der Waals surface area contributed by atoms with E-state index in [9.17, 15) is 13.2 Å². The molecule has 0 atom stereocenters. The fourth-order valence-corrected chi connectivity index (χ4v) is 4.93. The van der Waals surface area contributed by atoms with Gasteiger partial charge in [0, 0.05) is 29.9 Å². The van der Waals surface area contributed by atoms with Gasteiger partial charge in [0.2, 0.25) is 10.0 Å². The number of urea groups is 1. The summed E-state index contributed by atoms with van der Waals surface area (Å²) in [5.74, 6) is 0. The molecule has 1 aromatic heterocycles. The van der Waals surface area contributed by atoms with Crippen LogP contribution in [0.25, 0.3) is 0 Å². The van der Waals surface area contributed by atoms with Crippen LogP contribution in [0.1, 0.15) is 29.3 Å². The average molecular weight is 397 g/mol. The number of nitrogens with zero attached hydrogens (tertiary/aromatic N) is 2. The molecule has 0 saturated carbocycles. The summed E-state index contributed by atoms with van der Waals surface area (Å²) in [6.07, 6.45) is 1.72. The number of hydrogen-bond donors (Lipinski definition) is 2. The summed E-state index contributed by atoms with van der Waals surface area (Å²) < 4.78 is 26.9. The average Bonchev–Trinajstić information content (AvgIpc) is 3.01. The second kappa shape index (κ2) is 8.61. The largest absolute Gasteiger partial charge is 0.333 e. The van der Waals surface area contributed by atoms with E-state index < -0.39 is 16.1 Å². The number of anilines is 1. The minimum Gasteiger partial charge on any atom is -0.333 e. The number of thiazole rings is 1. The Kier molecular flexibility index (Phi) is 6.74. The molecule has 0 aliphatic heterocycles. The van der Waals surface area contributed by atoms with Crippen LogP contribution in [0, 0.1) is 13.8 Å². The van der Waals surface area contributed by atoms with Crippen molar-refractivity contribution < 1.29 is 13.2 Å². The molecule has 0 unspecified atom stereocenters. The molecule has 2 amide bonds. The lowest BCUT2D eigenvalue weighted by Crippen LogP contribution is -2.31. The van der Waals surface area contributed by atoms with Crippen molar-refractivity contribution in [2.75, 3.05) is 18.4 Å². The van der Waals surface area contributed by atoms with Gasteiger partial charge in [0.1, 0.15) is 0 Å². The standard InChI is InChI=1S/C17H24N4O3S2/c1-5-21(6-2)26(23,24)16-9-14(8-7-12(16)3)20-17(22)19-11-15-10-18-13(4)25-15/h7-10H,5-6,11H2,1-4H3,(H2,19,20,22). The maximum Gasteiger partial charge on any atom is 0.319 e. The van der Waals surface area contributed by atoms with E-state index in [1.54, 1.807) is 39.1 Å². The first kappa shape index (κ1) is 20.3. The van der Waals surface area contributed by atoms with E-state index >= 15 is 0 Å². The van der Waals surface area contributed by atoms with E-state index in [1.165, 1.54) is 21.7 Å². The first-order valence-corrected chi connectivity index (χ1v) is 10.6. The van der Waals surface area contributed by atoms with Gasteiger partial charge in [0.05, 0.1) is 16.4 Å². The van der Waals surface area contributed by atoms with E-state index in [1.807, 2.05) is 6.92 Å². The summed E-state index contributed by atoms with van der Waals surface area (Å²) in [6.45, 7) is 8.40. The molecule has 0 saturated heterocycles. The van der Waals surface area contributed by atoms with E-state index in [0.717, 1.165) is 9.88 Å². The predicted octanol–water partition coefficient (Wildman–Crippen LogP) is 3.11. The third-order valence-electron chi connectivity index (χ3n) is 3.86. The van der Waals surface area contributed by atoms with Crippen molar-refractivity contribution in [1.82, 2.24) is 14.6 Å².